The summed E-state index contributed by atoms with van der Waals surface area (Å²) in [6, 6.07) is 5.28. The van der Waals surface area contributed by atoms with Gasteiger partial charge in [0, 0.05) is 0 Å². The molecule has 1 aliphatic heterocycles. The van der Waals surface area contributed by atoms with Crippen molar-refractivity contribution in [3.05, 3.63) is 47.5 Å². The van der Waals surface area contributed by atoms with Crippen LogP contribution in [0, 0.1) is 0 Å². The van der Waals surface area contributed by atoms with Gasteiger partial charge >= 0.3 is 11.9 Å². The summed E-state index contributed by atoms with van der Waals surface area (Å²) >= 11 is 0. The maximum Gasteiger partial charge on any atom is 0.335 e. The second-order valence-corrected chi connectivity index (χ2v) is 8.71. The summed E-state index contributed by atoms with van der Waals surface area (Å²) in [4.78, 5) is 19.6. The standard InChI is InChI=1S/C14H8O8S2/c15-13(16)7-1-3-9-11(5-7)24(21,22)10-4-2-8(14(17)18)6-12(10)23(9,19)20/h1-6H,(H,15,16)(H,17,18). The van der Waals surface area contributed by atoms with Crippen LogP contribution >= 0.6 is 0 Å². The molecule has 2 aromatic carbocycles. The lowest BCUT2D eigenvalue weighted by molar-refractivity contribution is 0.0685. The topological polar surface area (TPSA) is 143 Å². The monoisotopic (exact) mass is 368 g/mol. The lowest BCUT2D eigenvalue weighted by Gasteiger charge is -2.20. The molecule has 1 aliphatic rings. The van der Waals surface area contributed by atoms with Gasteiger partial charge in [-0.3, -0.25) is 0 Å². The summed E-state index contributed by atoms with van der Waals surface area (Å²) in [5.74, 6) is -2.81. The molecule has 0 bridgehead atoms. The minimum atomic E-state index is -4.31. The van der Waals surface area contributed by atoms with E-state index in [9.17, 15) is 26.4 Å². The number of carbonyl (C=O) groups is 2. The molecule has 3 rings (SSSR count). The van der Waals surface area contributed by atoms with E-state index in [1.165, 1.54) is 0 Å². The second kappa shape index (κ2) is 4.89. The number of hydrogen-bond donors (Lipinski definition) is 2. The van der Waals surface area contributed by atoms with Gasteiger partial charge in [0.2, 0.25) is 19.7 Å². The number of aromatic carboxylic acids is 2. The molecule has 0 saturated heterocycles. The van der Waals surface area contributed by atoms with Crippen molar-refractivity contribution in [3.8, 4) is 0 Å². The van der Waals surface area contributed by atoms with E-state index in [2.05, 4.69) is 0 Å². The van der Waals surface area contributed by atoms with Crippen LogP contribution in [0.3, 0.4) is 0 Å². The predicted molar refractivity (Wildman–Crippen MR) is 77.7 cm³/mol. The quantitative estimate of drug-likeness (QED) is 0.683. The van der Waals surface area contributed by atoms with E-state index >= 15 is 0 Å². The summed E-state index contributed by atoms with van der Waals surface area (Å²) in [7, 11) is -8.61. The Kier molecular flexibility index (Phi) is 3.29. The van der Waals surface area contributed by atoms with Crippen LogP contribution in [0.25, 0.3) is 0 Å². The van der Waals surface area contributed by atoms with Gasteiger partial charge in [0.05, 0.1) is 30.7 Å². The van der Waals surface area contributed by atoms with Gasteiger partial charge in [0.15, 0.2) is 0 Å². The minimum Gasteiger partial charge on any atom is -0.478 e. The second-order valence-electron chi connectivity index (χ2n) is 4.94. The van der Waals surface area contributed by atoms with Crippen molar-refractivity contribution in [1.29, 1.82) is 0 Å². The Labute approximate surface area is 135 Å². The maximum absolute atomic E-state index is 12.6. The smallest absolute Gasteiger partial charge is 0.335 e. The highest BCUT2D eigenvalue weighted by Crippen LogP contribution is 2.40. The molecule has 0 radical (unpaired) electrons. The number of fused-ring (bicyclic) bond motifs is 2. The van der Waals surface area contributed by atoms with Gasteiger partial charge in [0.1, 0.15) is 0 Å². The highest BCUT2D eigenvalue weighted by molar-refractivity contribution is 7.97. The lowest BCUT2D eigenvalue weighted by atomic mass is 10.2. The normalized spacial score (nSPS) is 16.7. The van der Waals surface area contributed by atoms with Gasteiger partial charge in [-0.15, -0.1) is 0 Å². The Morgan fingerprint density at radius 2 is 0.958 bits per heavy atom. The van der Waals surface area contributed by atoms with Crippen molar-refractivity contribution >= 4 is 31.6 Å². The zero-order chi connectivity index (χ0) is 17.9. The Hall–Kier alpha value is -2.72. The van der Waals surface area contributed by atoms with Crippen molar-refractivity contribution in [2.45, 2.75) is 19.6 Å². The van der Waals surface area contributed by atoms with Crippen LogP contribution in [0.1, 0.15) is 20.7 Å². The van der Waals surface area contributed by atoms with Crippen LogP contribution < -0.4 is 0 Å². The molecule has 124 valence electrons. The molecule has 0 fully saturated rings. The number of benzene rings is 2. The van der Waals surface area contributed by atoms with Crippen molar-refractivity contribution in [2.24, 2.45) is 0 Å². The first-order chi connectivity index (χ1) is 11.1. The van der Waals surface area contributed by atoms with E-state index in [-0.39, 0.29) is 11.1 Å². The average Bonchev–Trinajstić information content (AvgIpc) is 2.52. The molecule has 2 aromatic rings. The number of carboxylic acids is 2. The average molecular weight is 368 g/mol. The van der Waals surface area contributed by atoms with Gasteiger partial charge in [-0.05, 0) is 36.4 Å². The van der Waals surface area contributed by atoms with Gasteiger partial charge in [-0.25, -0.2) is 26.4 Å². The number of hydrogen-bond acceptors (Lipinski definition) is 6. The van der Waals surface area contributed by atoms with Crippen molar-refractivity contribution < 1.29 is 36.6 Å². The van der Waals surface area contributed by atoms with Crippen molar-refractivity contribution in [2.75, 3.05) is 0 Å². The first kappa shape index (κ1) is 16.1. The Bertz CT molecular complexity index is 1040. The van der Waals surface area contributed by atoms with Crippen LogP contribution in [0.15, 0.2) is 56.0 Å². The molecule has 2 N–H and O–H groups in total. The molecular formula is C14H8O8S2. The third kappa shape index (κ3) is 2.11. The molecule has 0 atom stereocenters. The molecule has 1 heterocycles. The van der Waals surface area contributed by atoms with Crippen molar-refractivity contribution in [1.82, 2.24) is 0 Å². The molecule has 24 heavy (non-hydrogen) atoms. The summed E-state index contributed by atoms with van der Waals surface area (Å²) < 4.78 is 50.5. The zero-order valence-corrected chi connectivity index (χ0v) is 13.3. The molecule has 10 heteroatoms. The van der Waals surface area contributed by atoms with Crippen molar-refractivity contribution in [3.63, 3.8) is 0 Å². The van der Waals surface area contributed by atoms with Crippen LogP contribution in [-0.4, -0.2) is 39.0 Å². The summed E-state index contributed by atoms with van der Waals surface area (Å²) in [6.07, 6.45) is 0. The fourth-order valence-corrected chi connectivity index (χ4v) is 6.55. The molecule has 0 aliphatic carbocycles. The molecule has 8 nitrogen and oxygen atoms in total. The first-order valence-electron chi connectivity index (χ1n) is 6.31. The van der Waals surface area contributed by atoms with Crippen LogP contribution in [-0.2, 0) is 19.7 Å². The zero-order valence-electron chi connectivity index (χ0n) is 11.6. The summed E-state index contributed by atoms with van der Waals surface area (Å²) in [6.45, 7) is 0. The maximum atomic E-state index is 12.6. The Balaban J connectivity index is 2.43. The minimum absolute atomic E-state index is 0.377. The van der Waals surface area contributed by atoms with Crippen LogP contribution in [0.4, 0.5) is 0 Å². The molecule has 0 saturated carbocycles. The molecular weight excluding hydrogens is 360 g/mol. The van der Waals surface area contributed by atoms with E-state index in [4.69, 9.17) is 10.2 Å². The highest BCUT2D eigenvalue weighted by Gasteiger charge is 2.40. The first-order valence-corrected chi connectivity index (χ1v) is 9.28. The van der Waals surface area contributed by atoms with E-state index in [0.717, 1.165) is 36.4 Å². The van der Waals surface area contributed by atoms with E-state index in [0.29, 0.717) is 0 Å². The fraction of sp³-hybridized carbons (Fsp3) is 0. The molecule has 0 amide bonds. The van der Waals surface area contributed by atoms with Gasteiger partial charge in [0.25, 0.3) is 0 Å². The van der Waals surface area contributed by atoms with Crippen LogP contribution in [0.5, 0.6) is 0 Å². The Morgan fingerprint density at radius 3 is 1.25 bits per heavy atom. The summed E-state index contributed by atoms with van der Waals surface area (Å²) in [5.41, 5.74) is -0.753. The summed E-state index contributed by atoms with van der Waals surface area (Å²) in [5, 5.41) is 17.9. The predicted octanol–water partition coefficient (Wildman–Crippen LogP) is 1.06. The lowest BCUT2D eigenvalue weighted by Crippen LogP contribution is -2.21. The van der Waals surface area contributed by atoms with E-state index in [1.54, 1.807) is 0 Å². The Morgan fingerprint density at radius 1 is 0.625 bits per heavy atom. The molecule has 0 aromatic heterocycles. The molecule has 0 spiro atoms. The number of carboxylic acid groups (broad SMARTS) is 2. The van der Waals surface area contributed by atoms with Gasteiger partial charge in [-0.2, -0.15) is 0 Å². The number of rotatable bonds is 2. The fourth-order valence-electron chi connectivity index (χ4n) is 2.38. The number of sulfone groups is 2. The largest absolute Gasteiger partial charge is 0.478 e. The van der Waals surface area contributed by atoms with E-state index in [1.807, 2.05) is 0 Å². The third-order valence-corrected chi connectivity index (χ3v) is 7.50. The highest BCUT2D eigenvalue weighted by atomic mass is 32.2. The SMILES string of the molecule is O=C(O)c1ccc2c(c1)S(=O)(=O)c1ccc(C(=O)O)cc1S2(=O)=O. The third-order valence-electron chi connectivity index (χ3n) is 3.54. The van der Waals surface area contributed by atoms with E-state index < -0.39 is 51.2 Å². The van der Waals surface area contributed by atoms with Gasteiger partial charge in [-0.1, -0.05) is 0 Å². The van der Waals surface area contributed by atoms with Gasteiger partial charge < -0.3 is 10.2 Å². The van der Waals surface area contributed by atoms with Crippen LogP contribution in [0.2, 0.25) is 0 Å². The molecule has 0 unspecified atom stereocenters.